The third-order valence-electron chi connectivity index (χ3n) is 5.16. The van der Waals surface area contributed by atoms with Crippen LogP contribution in [0.5, 0.6) is 5.75 Å². The molecule has 0 radical (unpaired) electrons. The molecule has 2 nitrogen and oxygen atoms in total. The van der Waals surface area contributed by atoms with Gasteiger partial charge in [-0.15, -0.1) is 0 Å². The Bertz CT molecular complexity index is 1060. The second kappa shape index (κ2) is 8.24. The van der Waals surface area contributed by atoms with Crippen molar-refractivity contribution >= 4 is 11.4 Å². The highest BCUT2D eigenvalue weighted by Crippen LogP contribution is 2.34. The van der Waals surface area contributed by atoms with Crippen LogP contribution < -0.4 is 9.64 Å². The summed E-state index contributed by atoms with van der Waals surface area (Å²) < 4.78 is 5.26. The van der Waals surface area contributed by atoms with Gasteiger partial charge in [0, 0.05) is 17.1 Å². The number of aryl methyl sites for hydroxylation is 1. The third-order valence-corrected chi connectivity index (χ3v) is 5.16. The fraction of sp³-hybridized carbons (Fsp3) is 0.111. The maximum atomic E-state index is 5.26. The zero-order chi connectivity index (χ0) is 20.2. The van der Waals surface area contributed by atoms with Crippen molar-refractivity contribution in [1.82, 2.24) is 0 Å². The molecule has 0 aromatic heterocycles. The number of hydrogen-bond donors (Lipinski definition) is 0. The standard InChI is InChI=1S/C27H25NO/c1-20-4-12-24(13-5-20)28(25-14-6-21(2)7-15-25)26-16-8-22(9-17-26)23-10-18-27(29-3)19-11-23/h4,6-19H,1,5H2,2-3H3. The first-order chi connectivity index (χ1) is 14.1. The van der Waals surface area contributed by atoms with Gasteiger partial charge in [-0.3, -0.25) is 0 Å². The first kappa shape index (κ1) is 18.8. The lowest BCUT2D eigenvalue weighted by Gasteiger charge is -2.28. The molecule has 0 unspecified atom stereocenters. The van der Waals surface area contributed by atoms with E-state index in [0.717, 1.165) is 29.1 Å². The maximum Gasteiger partial charge on any atom is 0.118 e. The molecule has 144 valence electrons. The number of hydrogen-bond acceptors (Lipinski definition) is 2. The van der Waals surface area contributed by atoms with Gasteiger partial charge in [-0.25, -0.2) is 0 Å². The van der Waals surface area contributed by atoms with Gasteiger partial charge in [0.15, 0.2) is 0 Å². The Morgan fingerprint density at radius 3 is 1.83 bits per heavy atom. The molecule has 2 heteroatoms. The quantitative estimate of drug-likeness (QED) is 0.464. The van der Waals surface area contributed by atoms with Crippen LogP contribution in [0.2, 0.25) is 0 Å². The lowest BCUT2D eigenvalue weighted by Crippen LogP contribution is -2.16. The maximum absolute atomic E-state index is 5.26. The van der Waals surface area contributed by atoms with Crippen LogP contribution >= 0.6 is 0 Å². The van der Waals surface area contributed by atoms with Crippen molar-refractivity contribution in [3.63, 3.8) is 0 Å². The van der Waals surface area contributed by atoms with Crippen LogP contribution in [0.15, 0.2) is 109 Å². The molecule has 1 aliphatic carbocycles. The molecule has 3 aromatic carbocycles. The smallest absolute Gasteiger partial charge is 0.118 e. The van der Waals surface area contributed by atoms with Crippen LogP contribution in [-0.4, -0.2) is 7.11 Å². The number of allylic oxidation sites excluding steroid dienone is 4. The zero-order valence-corrected chi connectivity index (χ0v) is 16.9. The van der Waals surface area contributed by atoms with Crippen molar-refractivity contribution in [2.75, 3.05) is 12.0 Å². The van der Waals surface area contributed by atoms with Crippen LogP contribution in [0.25, 0.3) is 11.1 Å². The number of anilines is 2. The van der Waals surface area contributed by atoms with Crippen LogP contribution in [0.1, 0.15) is 12.0 Å². The molecular weight excluding hydrogens is 354 g/mol. The summed E-state index contributed by atoms with van der Waals surface area (Å²) in [5, 5.41) is 0. The van der Waals surface area contributed by atoms with Gasteiger partial charge in [0.2, 0.25) is 0 Å². The molecule has 0 N–H and O–H groups in total. The average molecular weight is 380 g/mol. The summed E-state index contributed by atoms with van der Waals surface area (Å²) in [5.74, 6) is 0.869. The van der Waals surface area contributed by atoms with Crippen molar-refractivity contribution in [3.8, 4) is 16.9 Å². The van der Waals surface area contributed by atoms with E-state index in [1.165, 1.54) is 22.4 Å². The van der Waals surface area contributed by atoms with E-state index in [-0.39, 0.29) is 0 Å². The van der Waals surface area contributed by atoms with E-state index in [9.17, 15) is 0 Å². The fourth-order valence-electron chi connectivity index (χ4n) is 3.47. The molecule has 0 saturated carbocycles. The number of rotatable bonds is 5. The molecule has 1 aliphatic rings. The predicted octanol–water partition coefficient (Wildman–Crippen LogP) is 7.21. The molecule has 0 heterocycles. The molecule has 29 heavy (non-hydrogen) atoms. The summed E-state index contributed by atoms with van der Waals surface area (Å²) in [6.07, 6.45) is 7.35. The molecule has 4 rings (SSSR count). The van der Waals surface area contributed by atoms with Gasteiger partial charge in [-0.05, 0) is 66.9 Å². The first-order valence-corrected chi connectivity index (χ1v) is 9.81. The van der Waals surface area contributed by atoms with Crippen molar-refractivity contribution < 1.29 is 4.74 Å². The minimum atomic E-state index is 0.869. The number of nitrogens with zero attached hydrogens (tertiary/aromatic N) is 1. The SMILES string of the molecule is C=C1C=CC(N(c2ccc(C)cc2)c2ccc(-c3ccc(OC)cc3)cc2)=CC1. The molecule has 0 saturated heterocycles. The topological polar surface area (TPSA) is 12.5 Å². The van der Waals surface area contributed by atoms with Crippen LogP contribution in [0.4, 0.5) is 11.4 Å². The van der Waals surface area contributed by atoms with E-state index in [4.69, 9.17) is 4.74 Å². The second-order valence-corrected chi connectivity index (χ2v) is 7.27. The van der Waals surface area contributed by atoms with E-state index >= 15 is 0 Å². The minimum absolute atomic E-state index is 0.869. The average Bonchev–Trinajstić information content (AvgIpc) is 2.77. The van der Waals surface area contributed by atoms with Gasteiger partial charge in [-0.1, -0.05) is 66.3 Å². The Balaban J connectivity index is 1.69. The van der Waals surface area contributed by atoms with E-state index in [0.29, 0.717) is 0 Å². The highest BCUT2D eigenvalue weighted by molar-refractivity contribution is 5.74. The molecule has 0 bridgehead atoms. The van der Waals surface area contributed by atoms with E-state index in [2.05, 4.69) is 97.3 Å². The van der Waals surface area contributed by atoms with Gasteiger partial charge in [-0.2, -0.15) is 0 Å². The monoisotopic (exact) mass is 379 g/mol. The lowest BCUT2D eigenvalue weighted by molar-refractivity contribution is 0.415. The van der Waals surface area contributed by atoms with Gasteiger partial charge >= 0.3 is 0 Å². The highest BCUT2D eigenvalue weighted by Gasteiger charge is 2.15. The van der Waals surface area contributed by atoms with Crippen LogP contribution in [-0.2, 0) is 0 Å². The molecule has 0 aliphatic heterocycles. The van der Waals surface area contributed by atoms with Gasteiger partial charge in [0.25, 0.3) is 0 Å². The Kier molecular flexibility index (Phi) is 5.35. The summed E-state index contributed by atoms with van der Waals surface area (Å²) in [6.45, 7) is 6.18. The Labute approximate surface area is 173 Å². The van der Waals surface area contributed by atoms with Crippen LogP contribution in [0.3, 0.4) is 0 Å². The molecule has 0 spiro atoms. The van der Waals surface area contributed by atoms with Crippen molar-refractivity contribution in [2.24, 2.45) is 0 Å². The summed E-state index contributed by atoms with van der Waals surface area (Å²) in [7, 11) is 1.69. The summed E-state index contributed by atoms with van der Waals surface area (Å²) in [4.78, 5) is 2.29. The molecule has 3 aromatic rings. The summed E-state index contributed by atoms with van der Waals surface area (Å²) >= 11 is 0. The van der Waals surface area contributed by atoms with Crippen molar-refractivity contribution in [1.29, 1.82) is 0 Å². The highest BCUT2D eigenvalue weighted by atomic mass is 16.5. The van der Waals surface area contributed by atoms with Crippen molar-refractivity contribution in [2.45, 2.75) is 13.3 Å². The number of ether oxygens (including phenoxy) is 1. The van der Waals surface area contributed by atoms with Gasteiger partial charge < -0.3 is 9.64 Å². The number of methoxy groups -OCH3 is 1. The van der Waals surface area contributed by atoms with E-state index in [1.54, 1.807) is 7.11 Å². The lowest BCUT2D eigenvalue weighted by atomic mass is 10.0. The largest absolute Gasteiger partial charge is 0.497 e. The van der Waals surface area contributed by atoms with Crippen LogP contribution in [0, 0.1) is 6.92 Å². The van der Waals surface area contributed by atoms with Gasteiger partial charge in [0.1, 0.15) is 5.75 Å². The molecule has 0 atom stereocenters. The Hall–Kier alpha value is -3.52. The van der Waals surface area contributed by atoms with E-state index in [1.807, 2.05) is 12.1 Å². The predicted molar refractivity (Wildman–Crippen MR) is 123 cm³/mol. The van der Waals surface area contributed by atoms with Gasteiger partial charge in [0.05, 0.1) is 7.11 Å². The Morgan fingerprint density at radius 1 is 0.759 bits per heavy atom. The minimum Gasteiger partial charge on any atom is -0.497 e. The number of benzene rings is 3. The summed E-state index contributed by atoms with van der Waals surface area (Å²) in [6, 6.07) is 25.5. The van der Waals surface area contributed by atoms with E-state index < -0.39 is 0 Å². The Morgan fingerprint density at radius 2 is 1.31 bits per heavy atom. The third kappa shape index (κ3) is 4.17. The first-order valence-electron chi connectivity index (χ1n) is 9.81. The molecular formula is C27H25NO. The zero-order valence-electron chi connectivity index (χ0n) is 16.9. The normalized spacial score (nSPS) is 13.2. The fourth-order valence-corrected chi connectivity index (χ4v) is 3.47. The summed E-state index contributed by atoms with van der Waals surface area (Å²) in [5.41, 5.74) is 8.19. The molecule has 0 fully saturated rings. The molecule has 0 amide bonds. The second-order valence-electron chi connectivity index (χ2n) is 7.27. The van der Waals surface area contributed by atoms with Crippen molar-refractivity contribution in [3.05, 3.63) is 114 Å².